The van der Waals surface area contributed by atoms with E-state index in [0.717, 1.165) is 5.57 Å². The van der Waals surface area contributed by atoms with Crippen molar-refractivity contribution in [2.75, 3.05) is 5.32 Å². The van der Waals surface area contributed by atoms with Crippen LogP contribution in [0.15, 0.2) is 29.2 Å². The van der Waals surface area contributed by atoms with Gasteiger partial charge in [-0.05, 0) is 64.8 Å². The lowest BCUT2D eigenvalue weighted by molar-refractivity contribution is 0.130. The fraction of sp³-hybridized carbons (Fsp3) is 0.471. The second kappa shape index (κ2) is 7.64. The van der Waals surface area contributed by atoms with E-state index in [4.69, 9.17) is 4.74 Å². The molecule has 0 radical (unpaired) electrons. The molecule has 0 aliphatic carbocycles. The smallest absolute Gasteiger partial charge is 0.411 e. The molecule has 0 bridgehead atoms. The van der Waals surface area contributed by atoms with Gasteiger partial charge in [-0.2, -0.15) is 0 Å². The van der Waals surface area contributed by atoms with Gasteiger partial charge in [-0.25, -0.2) is 13.2 Å². The number of nitrogens with one attached hydrogen (secondary N) is 1. The molecule has 1 aromatic carbocycles. The van der Waals surface area contributed by atoms with Crippen molar-refractivity contribution in [2.45, 2.75) is 57.8 Å². The number of rotatable bonds is 5. The van der Waals surface area contributed by atoms with Gasteiger partial charge in [-0.3, -0.25) is 5.32 Å². The van der Waals surface area contributed by atoms with Crippen LogP contribution in [0.5, 0.6) is 0 Å². The molecule has 0 aromatic heterocycles. The van der Waals surface area contributed by atoms with Crippen molar-refractivity contribution in [3.05, 3.63) is 29.8 Å². The highest BCUT2D eigenvalue weighted by atomic mass is 32.2. The molecule has 0 fully saturated rings. The van der Waals surface area contributed by atoms with Crippen LogP contribution < -0.4 is 5.32 Å². The summed E-state index contributed by atoms with van der Waals surface area (Å²) in [6, 6.07) is 4.86. The zero-order chi connectivity index (χ0) is 17.8. The number of ether oxygens (including phenoxy) is 1. The van der Waals surface area contributed by atoms with Gasteiger partial charge >= 0.3 is 6.09 Å². The lowest BCUT2D eigenvalue weighted by Gasteiger charge is -2.16. The predicted octanol–water partition coefficient (Wildman–Crippen LogP) is 4.25. The Labute approximate surface area is 138 Å². The van der Waals surface area contributed by atoms with Gasteiger partial charge in [-0.1, -0.05) is 12.1 Å². The molecule has 0 aliphatic rings. The van der Waals surface area contributed by atoms with Gasteiger partial charge in [0.05, 0.1) is 16.2 Å². The van der Waals surface area contributed by atoms with E-state index in [9.17, 15) is 13.2 Å². The number of amides is 1. The zero-order valence-corrected chi connectivity index (χ0v) is 15.3. The molecule has 0 unspecified atom stereocenters. The Morgan fingerprint density at radius 3 is 2.30 bits per heavy atom. The number of anilines is 1. The van der Waals surface area contributed by atoms with Crippen molar-refractivity contribution in [3.8, 4) is 0 Å². The van der Waals surface area contributed by atoms with Crippen molar-refractivity contribution in [3.63, 3.8) is 0 Å². The largest absolute Gasteiger partial charge is 0.447 e. The van der Waals surface area contributed by atoms with Gasteiger partial charge < -0.3 is 4.74 Å². The van der Waals surface area contributed by atoms with Crippen LogP contribution in [0.25, 0.3) is 5.57 Å². The number of hydrogen-bond donors (Lipinski definition) is 1. The Hall–Kier alpha value is -1.82. The summed E-state index contributed by atoms with van der Waals surface area (Å²) in [7, 11) is -3.48. The fourth-order valence-electron chi connectivity index (χ4n) is 1.93. The first kappa shape index (κ1) is 19.2. The molecule has 1 rings (SSSR count). The Kier molecular flexibility index (Phi) is 6.38. The zero-order valence-electron chi connectivity index (χ0n) is 14.5. The lowest BCUT2D eigenvalue weighted by atomic mass is 10.1. The summed E-state index contributed by atoms with van der Waals surface area (Å²) < 4.78 is 30.3. The number of sulfone groups is 1. The van der Waals surface area contributed by atoms with Gasteiger partial charge in [-0.15, -0.1) is 0 Å². The molecule has 0 spiro atoms. The molecule has 1 aromatic rings. The molecule has 128 valence electrons. The summed E-state index contributed by atoms with van der Waals surface area (Å²) in [5.41, 5.74) is 1.90. The molecule has 23 heavy (non-hydrogen) atoms. The fourth-order valence-corrected chi connectivity index (χ4v) is 3.27. The molecular formula is C17H25NO4S. The van der Waals surface area contributed by atoms with Crippen molar-refractivity contribution in [1.82, 2.24) is 0 Å². The first-order valence-electron chi connectivity index (χ1n) is 7.58. The number of carbonyl (C=O) groups is 1. The molecule has 0 atom stereocenters. The van der Waals surface area contributed by atoms with Crippen LogP contribution in [0.1, 0.15) is 47.1 Å². The van der Waals surface area contributed by atoms with Crippen LogP contribution in [0.2, 0.25) is 0 Å². The summed E-state index contributed by atoms with van der Waals surface area (Å²) in [6.07, 6.45) is 0.997. The maximum atomic E-state index is 12.6. The molecule has 6 heteroatoms. The minimum Gasteiger partial charge on any atom is -0.447 e. The second-order valence-corrected chi connectivity index (χ2v) is 8.33. The van der Waals surface area contributed by atoms with Crippen LogP contribution in [0.3, 0.4) is 0 Å². The third-order valence-electron chi connectivity index (χ3n) is 3.36. The maximum absolute atomic E-state index is 12.6. The van der Waals surface area contributed by atoms with Crippen LogP contribution in [-0.2, 0) is 14.6 Å². The monoisotopic (exact) mass is 339 g/mol. The van der Waals surface area contributed by atoms with Crippen LogP contribution in [0, 0.1) is 0 Å². The Morgan fingerprint density at radius 2 is 1.83 bits per heavy atom. The van der Waals surface area contributed by atoms with E-state index < -0.39 is 21.2 Å². The number of allylic oxidation sites excluding steroid dienone is 2. The van der Waals surface area contributed by atoms with Crippen molar-refractivity contribution >= 4 is 27.2 Å². The van der Waals surface area contributed by atoms with E-state index in [1.54, 1.807) is 39.8 Å². The van der Waals surface area contributed by atoms with Crippen molar-refractivity contribution < 1.29 is 17.9 Å². The second-order valence-electron chi connectivity index (χ2n) is 5.86. The number of benzene rings is 1. The summed E-state index contributed by atoms with van der Waals surface area (Å²) in [5.74, 6) is 0. The molecule has 0 saturated carbocycles. The van der Waals surface area contributed by atoms with Crippen LogP contribution in [-0.4, -0.2) is 25.9 Å². The summed E-state index contributed by atoms with van der Waals surface area (Å²) in [4.78, 5) is 11.9. The predicted molar refractivity (Wildman–Crippen MR) is 93.3 cm³/mol. The number of carbonyl (C=O) groups excluding carboxylic acids is 1. The van der Waals surface area contributed by atoms with Crippen LogP contribution in [0.4, 0.5) is 10.5 Å². The molecule has 0 aliphatic heterocycles. The standard InChI is InChI=1S/C17H25NO4S/c1-7-13(6)15-9-8-14(18-17(19)22-11(2)3)10-16(15)23(20,21)12(4)5/h7-12H,1-6H3,(H,18,19)/b13-7+. The minimum absolute atomic E-state index is 0.213. The summed E-state index contributed by atoms with van der Waals surface area (Å²) in [5, 5.41) is 2.01. The molecule has 0 saturated heterocycles. The molecule has 5 nitrogen and oxygen atoms in total. The summed E-state index contributed by atoms with van der Waals surface area (Å²) >= 11 is 0. The van der Waals surface area contributed by atoms with Crippen molar-refractivity contribution in [1.29, 1.82) is 0 Å². The number of hydrogen-bond acceptors (Lipinski definition) is 4. The molecule has 0 heterocycles. The normalized spacial score (nSPS) is 12.6. The van der Waals surface area contributed by atoms with Gasteiger partial charge in [0.25, 0.3) is 0 Å². The molecule has 1 amide bonds. The minimum atomic E-state index is -3.48. The van der Waals surface area contributed by atoms with E-state index in [2.05, 4.69) is 5.32 Å². The Balaban J connectivity index is 3.34. The topological polar surface area (TPSA) is 72.5 Å². The van der Waals surface area contributed by atoms with Crippen LogP contribution >= 0.6 is 0 Å². The average molecular weight is 339 g/mol. The average Bonchev–Trinajstić information content (AvgIpc) is 2.45. The van der Waals surface area contributed by atoms with E-state index in [-0.39, 0.29) is 11.0 Å². The van der Waals surface area contributed by atoms with Gasteiger partial charge in [0.2, 0.25) is 0 Å². The maximum Gasteiger partial charge on any atom is 0.411 e. The highest BCUT2D eigenvalue weighted by Gasteiger charge is 2.24. The van der Waals surface area contributed by atoms with E-state index in [0.29, 0.717) is 11.3 Å². The summed E-state index contributed by atoms with van der Waals surface area (Å²) in [6.45, 7) is 10.5. The van der Waals surface area contributed by atoms with E-state index in [1.165, 1.54) is 6.07 Å². The third-order valence-corrected chi connectivity index (χ3v) is 5.55. The molecule has 1 N–H and O–H groups in total. The highest BCUT2D eigenvalue weighted by molar-refractivity contribution is 7.92. The SMILES string of the molecule is C/C=C(\C)c1ccc(NC(=O)OC(C)C)cc1S(=O)(=O)C(C)C. The lowest BCUT2D eigenvalue weighted by Crippen LogP contribution is -2.19. The third kappa shape index (κ3) is 4.82. The van der Waals surface area contributed by atoms with E-state index in [1.807, 2.05) is 19.9 Å². The van der Waals surface area contributed by atoms with Gasteiger partial charge in [0.15, 0.2) is 9.84 Å². The first-order valence-corrected chi connectivity index (χ1v) is 9.13. The van der Waals surface area contributed by atoms with Gasteiger partial charge in [0, 0.05) is 5.69 Å². The van der Waals surface area contributed by atoms with E-state index >= 15 is 0 Å². The quantitative estimate of drug-likeness (QED) is 0.870. The molecular weight excluding hydrogens is 314 g/mol. The highest BCUT2D eigenvalue weighted by Crippen LogP contribution is 2.29. The van der Waals surface area contributed by atoms with Gasteiger partial charge in [0.1, 0.15) is 0 Å². The van der Waals surface area contributed by atoms with Crippen molar-refractivity contribution in [2.24, 2.45) is 0 Å². The Morgan fingerprint density at radius 1 is 1.22 bits per heavy atom. The first-order chi connectivity index (χ1) is 10.6. The Bertz CT molecular complexity index is 703.